The number of aromatic nitrogens is 3. The third-order valence-electron chi connectivity index (χ3n) is 6.12. The monoisotopic (exact) mass is 538 g/mol. The summed E-state index contributed by atoms with van der Waals surface area (Å²) in [7, 11) is 0. The van der Waals surface area contributed by atoms with Gasteiger partial charge in [-0.25, -0.2) is 5.43 Å². The maximum atomic E-state index is 12.4. The number of rotatable bonds is 12. The van der Waals surface area contributed by atoms with Gasteiger partial charge in [0.05, 0.1) is 18.5 Å². The Morgan fingerprint density at radius 1 is 1.08 bits per heavy atom. The number of nitrogens with zero attached hydrogens (tertiary/aromatic N) is 4. The summed E-state index contributed by atoms with van der Waals surface area (Å²) < 4.78 is 1.96. The maximum absolute atomic E-state index is 12.4. The lowest BCUT2D eigenvalue weighted by Crippen LogP contribution is -2.20. The Bertz CT molecular complexity index is 1480. The van der Waals surface area contributed by atoms with Crippen LogP contribution in [0.1, 0.15) is 43.6 Å². The Morgan fingerprint density at radius 2 is 1.85 bits per heavy atom. The minimum Gasteiger partial charge on any atom is -0.377 e. The highest BCUT2D eigenvalue weighted by atomic mass is 32.2. The number of amides is 1. The summed E-state index contributed by atoms with van der Waals surface area (Å²) >= 11 is 1.32. The number of allylic oxidation sites excluding steroid dienone is 2. The van der Waals surface area contributed by atoms with E-state index in [4.69, 9.17) is 0 Å². The SMILES string of the molecule is C=CCn1c(CNc2cccc3ccccc23)nnc1SCC(=O)NN=C/C(C)=C\c1ccc(C(C)C)cc1. The normalized spacial score (nSPS) is 11.8. The molecule has 1 aromatic heterocycles. The van der Waals surface area contributed by atoms with Gasteiger partial charge in [0.15, 0.2) is 11.0 Å². The van der Waals surface area contributed by atoms with Crippen LogP contribution in [0.3, 0.4) is 0 Å². The summed E-state index contributed by atoms with van der Waals surface area (Å²) in [6, 6.07) is 22.9. The van der Waals surface area contributed by atoms with Crippen molar-refractivity contribution in [2.45, 2.75) is 44.9 Å². The quantitative estimate of drug-likeness (QED) is 0.0913. The Balaban J connectivity index is 1.31. The average molecular weight is 539 g/mol. The molecule has 0 fully saturated rings. The number of benzene rings is 3. The van der Waals surface area contributed by atoms with Crippen molar-refractivity contribution in [1.29, 1.82) is 0 Å². The van der Waals surface area contributed by atoms with Gasteiger partial charge in [0, 0.05) is 17.6 Å². The van der Waals surface area contributed by atoms with Crippen LogP contribution in [-0.2, 0) is 17.9 Å². The molecule has 200 valence electrons. The summed E-state index contributed by atoms with van der Waals surface area (Å²) in [6.45, 7) is 11.2. The molecule has 0 saturated carbocycles. The number of fused-ring (bicyclic) bond motifs is 1. The highest BCUT2D eigenvalue weighted by molar-refractivity contribution is 7.99. The predicted octanol–water partition coefficient (Wildman–Crippen LogP) is 6.65. The fourth-order valence-electron chi connectivity index (χ4n) is 4.07. The molecule has 8 heteroatoms. The third kappa shape index (κ3) is 7.67. The van der Waals surface area contributed by atoms with E-state index in [0.29, 0.717) is 24.2 Å². The molecule has 0 spiro atoms. The van der Waals surface area contributed by atoms with Gasteiger partial charge in [0.25, 0.3) is 5.91 Å². The third-order valence-corrected chi connectivity index (χ3v) is 7.09. The van der Waals surface area contributed by atoms with E-state index in [1.807, 2.05) is 35.8 Å². The zero-order valence-electron chi connectivity index (χ0n) is 22.6. The van der Waals surface area contributed by atoms with Crippen LogP contribution in [-0.4, -0.2) is 32.6 Å². The van der Waals surface area contributed by atoms with Gasteiger partial charge < -0.3 is 9.88 Å². The van der Waals surface area contributed by atoms with E-state index in [0.717, 1.165) is 28.0 Å². The first-order valence-corrected chi connectivity index (χ1v) is 13.9. The van der Waals surface area contributed by atoms with Crippen molar-refractivity contribution >= 4 is 46.4 Å². The van der Waals surface area contributed by atoms with Crippen LogP contribution >= 0.6 is 11.8 Å². The van der Waals surface area contributed by atoms with Crippen LogP contribution in [0.15, 0.2) is 95.2 Å². The summed E-state index contributed by atoms with van der Waals surface area (Å²) in [5, 5.41) is 19.2. The van der Waals surface area contributed by atoms with Crippen molar-refractivity contribution in [3.8, 4) is 0 Å². The Morgan fingerprint density at radius 3 is 2.62 bits per heavy atom. The van der Waals surface area contributed by atoms with Gasteiger partial charge in [-0.05, 0) is 41.0 Å². The molecule has 0 saturated heterocycles. The smallest absolute Gasteiger partial charge is 0.250 e. The molecule has 0 radical (unpaired) electrons. The van der Waals surface area contributed by atoms with Crippen LogP contribution in [0.5, 0.6) is 0 Å². The fraction of sp³-hybridized carbons (Fsp3) is 0.226. The number of hydrazone groups is 1. The predicted molar refractivity (Wildman–Crippen MR) is 163 cm³/mol. The van der Waals surface area contributed by atoms with Crippen LogP contribution in [0.25, 0.3) is 16.8 Å². The van der Waals surface area contributed by atoms with Crippen molar-refractivity contribution < 1.29 is 4.79 Å². The number of thioether (sulfide) groups is 1. The van der Waals surface area contributed by atoms with Crippen molar-refractivity contribution in [3.05, 3.63) is 102 Å². The minimum absolute atomic E-state index is 0.169. The molecular weight excluding hydrogens is 504 g/mol. The second-order valence-corrected chi connectivity index (χ2v) is 10.4. The van der Waals surface area contributed by atoms with Gasteiger partial charge in [-0.3, -0.25) is 4.79 Å². The molecule has 0 bridgehead atoms. The number of hydrogen-bond acceptors (Lipinski definition) is 6. The number of carbonyl (C=O) groups is 1. The molecule has 1 amide bonds. The molecule has 4 aromatic rings. The Hall–Kier alpha value is -4.17. The van der Waals surface area contributed by atoms with Crippen molar-refractivity contribution in [2.75, 3.05) is 11.1 Å². The highest BCUT2D eigenvalue weighted by Crippen LogP contribution is 2.24. The summed E-state index contributed by atoms with van der Waals surface area (Å²) in [5.41, 5.74) is 6.97. The van der Waals surface area contributed by atoms with Gasteiger partial charge in [-0.1, -0.05) is 98.4 Å². The van der Waals surface area contributed by atoms with Crippen molar-refractivity contribution in [2.24, 2.45) is 5.10 Å². The van der Waals surface area contributed by atoms with Gasteiger partial charge in [0.2, 0.25) is 0 Å². The minimum atomic E-state index is -0.214. The molecule has 1 heterocycles. The van der Waals surface area contributed by atoms with E-state index in [9.17, 15) is 4.79 Å². The van der Waals surface area contributed by atoms with E-state index < -0.39 is 0 Å². The summed E-state index contributed by atoms with van der Waals surface area (Å²) in [5.74, 6) is 1.23. The first kappa shape index (κ1) is 27.9. The molecule has 0 atom stereocenters. The molecule has 3 aromatic carbocycles. The second-order valence-electron chi connectivity index (χ2n) is 9.47. The molecular formula is C31H34N6OS. The number of nitrogens with one attached hydrogen (secondary N) is 2. The molecule has 0 aliphatic heterocycles. The first-order valence-electron chi connectivity index (χ1n) is 12.9. The lowest BCUT2D eigenvalue weighted by molar-refractivity contribution is -0.118. The lowest BCUT2D eigenvalue weighted by atomic mass is 10.0. The zero-order valence-corrected chi connectivity index (χ0v) is 23.4. The highest BCUT2D eigenvalue weighted by Gasteiger charge is 2.14. The maximum Gasteiger partial charge on any atom is 0.250 e. The van der Waals surface area contributed by atoms with Crippen molar-refractivity contribution in [3.63, 3.8) is 0 Å². The van der Waals surface area contributed by atoms with E-state index in [2.05, 4.69) is 95.0 Å². The Kier molecular flexibility index (Phi) is 9.69. The van der Waals surface area contributed by atoms with Gasteiger partial charge in [-0.15, -0.1) is 16.8 Å². The average Bonchev–Trinajstić information content (AvgIpc) is 3.32. The molecule has 7 nitrogen and oxygen atoms in total. The van der Waals surface area contributed by atoms with Crippen LogP contribution in [0.2, 0.25) is 0 Å². The molecule has 39 heavy (non-hydrogen) atoms. The second kappa shape index (κ2) is 13.6. The van der Waals surface area contributed by atoms with Crippen LogP contribution in [0.4, 0.5) is 5.69 Å². The number of carbonyl (C=O) groups excluding carboxylic acids is 1. The number of anilines is 1. The van der Waals surface area contributed by atoms with E-state index >= 15 is 0 Å². The number of hydrogen-bond donors (Lipinski definition) is 2. The summed E-state index contributed by atoms with van der Waals surface area (Å²) in [6.07, 6.45) is 5.47. The van der Waals surface area contributed by atoms with Gasteiger partial charge >= 0.3 is 0 Å². The largest absolute Gasteiger partial charge is 0.377 e. The van der Waals surface area contributed by atoms with E-state index in [1.165, 1.54) is 22.7 Å². The lowest BCUT2D eigenvalue weighted by Gasteiger charge is -2.11. The van der Waals surface area contributed by atoms with Gasteiger partial charge in [-0.2, -0.15) is 5.10 Å². The summed E-state index contributed by atoms with van der Waals surface area (Å²) in [4.78, 5) is 12.4. The molecule has 0 aliphatic rings. The first-order chi connectivity index (χ1) is 18.9. The van der Waals surface area contributed by atoms with Crippen molar-refractivity contribution in [1.82, 2.24) is 20.2 Å². The molecule has 0 unspecified atom stereocenters. The fourth-order valence-corrected chi connectivity index (χ4v) is 4.83. The molecule has 2 N–H and O–H groups in total. The van der Waals surface area contributed by atoms with Crippen LogP contribution in [0, 0.1) is 0 Å². The van der Waals surface area contributed by atoms with E-state index in [1.54, 1.807) is 12.3 Å². The standard InChI is InChI=1S/C31H34N6OS/c1-5-17-37-29(20-32-28-12-8-10-26-9-6-7-11-27(26)28)34-36-31(37)39-21-30(38)35-33-19-23(4)18-24-13-15-25(16-14-24)22(2)3/h5-16,18-19,22,32H,1,17,20-21H2,2-4H3,(H,35,38)/b23-18-,33-19?. The topological polar surface area (TPSA) is 84.2 Å². The molecule has 0 aliphatic carbocycles. The van der Waals surface area contributed by atoms with Crippen LogP contribution < -0.4 is 10.7 Å². The Labute approximate surface area is 234 Å². The van der Waals surface area contributed by atoms with E-state index in [-0.39, 0.29) is 11.7 Å². The zero-order chi connectivity index (χ0) is 27.6. The van der Waals surface area contributed by atoms with Gasteiger partial charge in [0.1, 0.15) is 0 Å². The molecule has 4 rings (SSSR count).